The van der Waals surface area contributed by atoms with Crippen LogP contribution in [0.5, 0.6) is 0 Å². The molecule has 8 aromatic carbocycles. The van der Waals surface area contributed by atoms with Gasteiger partial charge >= 0.3 is 0 Å². The van der Waals surface area contributed by atoms with E-state index in [1.165, 1.54) is 124 Å². The van der Waals surface area contributed by atoms with Gasteiger partial charge in [-0.15, -0.1) is 0 Å². The zero-order chi connectivity index (χ0) is 58.8. The van der Waals surface area contributed by atoms with Crippen molar-refractivity contribution in [1.29, 1.82) is 0 Å². The molecule has 0 saturated carbocycles. The van der Waals surface area contributed by atoms with Crippen LogP contribution in [0.15, 0.2) is 183 Å². The normalized spacial score (nSPS) is 17.6. The number of anilines is 10. The largest absolute Gasteiger partial charge is 0.359 e. The summed E-state index contributed by atoms with van der Waals surface area (Å²) in [4.78, 5) is 18.9. The topological polar surface area (TPSA) is 25.9 Å². The molecule has 0 spiro atoms. The fourth-order valence-electron chi connectivity index (χ4n) is 12.3. The standard InChI is InChI=1S/C23H24N2.C19H22N2.C18H22N2.C14H20N2/c1-16-14-17(2)18(3)23(15-16)25-19(4)24(20-10-6-5-7-11-20)21-12-8-9-13-22(21)25;1-14-12-15(2)16(3)19(13-14)21-11-10-20(17(21)4)18-8-6-5-7-9-18;1-12-10-13(2)14(3)18(11-12)20-15(4)19(5)16-8-6-7-9-17(16)20;1-10-8-11(2)12(3)14(9-10)16-7-6-15(5)13(16)4/h5-15,19H,1-4H3;5-13,17H,1-4H3;6-11,15H,1-5H3;6-9,13H,1-5H3/t19-;17-;15-;13-/m0000/s1. The lowest BCUT2D eigenvalue weighted by molar-refractivity contribution is 0.383. The molecule has 0 saturated heterocycles. The molecule has 12 rings (SSSR count). The van der Waals surface area contributed by atoms with Crippen LogP contribution in [0.4, 0.5) is 56.9 Å². The van der Waals surface area contributed by atoms with Crippen molar-refractivity contribution in [3.63, 3.8) is 0 Å². The summed E-state index contributed by atoms with van der Waals surface area (Å²) < 4.78 is 0. The third-order valence-corrected chi connectivity index (χ3v) is 17.6. The number of nitrogens with zero attached hydrogens (tertiary/aromatic N) is 8. The molecular formula is C74H88N8. The molecule has 0 fully saturated rings. The van der Waals surface area contributed by atoms with Crippen molar-refractivity contribution in [3.8, 4) is 0 Å². The number of hydrogen-bond acceptors (Lipinski definition) is 8. The lowest BCUT2D eigenvalue weighted by atomic mass is 10.0. The second-order valence-electron chi connectivity index (χ2n) is 23.3. The van der Waals surface area contributed by atoms with Gasteiger partial charge in [0.05, 0.1) is 22.7 Å². The molecule has 82 heavy (non-hydrogen) atoms. The van der Waals surface area contributed by atoms with E-state index in [0.29, 0.717) is 12.3 Å². The summed E-state index contributed by atoms with van der Waals surface area (Å²) >= 11 is 0. The molecule has 0 unspecified atom stereocenters. The number of aryl methyl sites for hydroxylation is 8. The first-order valence-electron chi connectivity index (χ1n) is 29.3. The maximum absolute atomic E-state index is 2.47. The zero-order valence-electron chi connectivity index (χ0n) is 52.2. The average molecular weight is 1090 g/mol. The summed E-state index contributed by atoms with van der Waals surface area (Å²) in [6.07, 6.45) is 9.88. The fourth-order valence-corrected chi connectivity index (χ4v) is 12.3. The van der Waals surface area contributed by atoms with Crippen LogP contribution in [-0.2, 0) is 0 Å². The third kappa shape index (κ3) is 11.6. The van der Waals surface area contributed by atoms with Gasteiger partial charge in [-0.2, -0.15) is 0 Å². The summed E-state index contributed by atoms with van der Waals surface area (Å²) in [5.74, 6) is 0. The molecule has 8 aromatic rings. The quantitative estimate of drug-likeness (QED) is 0.163. The fraction of sp³-hybridized carbons (Fsp3) is 0.297. The minimum absolute atomic E-state index is 0.222. The molecule has 424 valence electrons. The van der Waals surface area contributed by atoms with Gasteiger partial charge in [0.25, 0.3) is 0 Å². The molecule has 4 aliphatic heterocycles. The molecule has 0 N–H and O–H groups in total. The molecule has 0 aromatic heterocycles. The van der Waals surface area contributed by atoms with Gasteiger partial charge in [-0.25, -0.2) is 0 Å². The van der Waals surface area contributed by atoms with Crippen molar-refractivity contribution < 1.29 is 0 Å². The summed E-state index contributed by atoms with van der Waals surface area (Å²) in [6, 6.07) is 56.7. The second kappa shape index (κ2) is 24.4. The van der Waals surface area contributed by atoms with Gasteiger partial charge in [0.1, 0.15) is 24.7 Å². The average Bonchev–Trinajstić information content (AvgIpc) is 3.21. The second-order valence-corrected chi connectivity index (χ2v) is 23.3. The molecule has 0 bridgehead atoms. The maximum atomic E-state index is 2.47. The minimum Gasteiger partial charge on any atom is -0.359 e. The summed E-state index contributed by atoms with van der Waals surface area (Å²) in [6.45, 7) is 35.3. The highest BCUT2D eigenvalue weighted by atomic mass is 15.4. The molecule has 8 heteroatoms. The predicted molar refractivity (Wildman–Crippen MR) is 355 cm³/mol. The van der Waals surface area contributed by atoms with Crippen LogP contribution in [0.25, 0.3) is 0 Å². The van der Waals surface area contributed by atoms with Gasteiger partial charge in [-0.05, 0) is 250 Å². The molecule has 0 aliphatic carbocycles. The van der Waals surface area contributed by atoms with Gasteiger partial charge in [0, 0.05) is 73.0 Å². The first-order valence-corrected chi connectivity index (χ1v) is 29.3. The Hall–Kier alpha value is -8.36. The van der Waals surface area contributed by atoms with Crippen LogP contribution in [0.2, 0.25) is 0 Å². The van der Waals surface area contributed by atoms with E-state index in [9.17, 15) is 0 Å². The van der Waals surface area contributed by atoms with E-state index in [0.717, 1.165) is 0 Å². The van der Waals surface area contributed by atoms with E-state index in [2.05, 4.69) is 347 Å². The molecule has 4 heterocycles. The Bertz CT molecular complexity index is 3620. The highest BCUT2D eigenvalue weighted by Crippen LogP contribution is 2.49. The Morgan fingerprint density at radius 2 is 0.598 bits per heavy atom. The van der Waals surface area contributed by atoms with Crippen molar-refractivity contribution >= 4 is 56.9 Å². The van der Waals surface area contributed by atoms with Gasteiger partial charge in [0.2, 0.25) is 0 Å². The smallest absolute Gasteiger partial charge is 0.108 e. The number of hydrogen-bond donors (Lipinski definition) is 0. The first kappa shape index (κ1) is 58.3. The van der Waals surface area contributed by atoms with Gasteiger partial charge in [0.15, 0.2) is 0 Å². The molecule has 4 aliphatic rings. The highest BCUT2D eigenvalue weighted by molar-refractivity contribution is 5.89. The van der Waals surface area contributed by atoms with Crippen LogP contribution in [0.1, 0.15) is 94.5 Å². The van der Waals surface area contributed by atoms with Crippen LogP contribution >= 0.6 is 0 Å². The van der Waals surface area contributed by atoms with E-state index < -0.39 is 0 Å². The Morgan fingerprint density at radius 1 is 0.268 bits per heavy atom. The van der Waals surface area contributed by atoms with E-state index in [4.69, 9.17) is 0 Å². The van der Waals surface area contributed by atoms with Crippen molar-refractivity contribution in [2.45, 2.75) is 135 Å². The Kier molecular flexibility index (Phi) is 17.3. The van der Waals surface area contributed by atoms with Gasteiger partial charge in [-0.3, -0.25) is 0 Å². The monoisotopic (exact) mass is 1090 g/mol. The van der Waals surface area contributed by atoms with Crippen LogP contribution in [0, 0.1) is 83.1 Å². The van der Waals surface area contributed by atoms with Crippen molar-refractivity contribution in [1.82, 2.24) is 4.90 Å². The molecule has 4 atom stereocenters. The van der Waals surface area contributed by atoms with E-state index in [1.807, 2.05) is 0 Å². The third-order valence-electron chi connectivity index (χ3n) is 17.6. The maximum Gasteiger partial charge on any atom is 0.108 e. The van der Waals surface area contributed by atoms with Crippen LogP contribution < -0.4 is 34.3 Å². The Morgan fingerprint density at radius 3 is 1.04 bits per heavy atom. The first-order chi connectivity index (χ1) is 39.2. The summed E-state index contributed by atoms with van der Waals surface area (Å²) in [5.41, 5.74) is 29.0. The lowest BCUT2D eigenvalue weighted by Gasteiger charge is -2.32. The molecular weight excluding hydrogens is 1000 g/mol. The van der Waals surface area contributed by atoms with Crippen molar-refractivity contribution in [2.24, 2.45) is 0 Å². The summed E-state index contributed by atoms with van der Waals surface area (Å²) in [7, 11) is 4.28. The highest BCUT2D eigenvalue weighted by Gasteiger charge is 2.36. The van der Waals surface area contributed by atoms with Gasteiger partial charge < -0.3 is 39.2 Å². The van der Waals surface area contributed by atoms with Crippen molar-refractivity contribution in [2.75, 3.05) is 48.4 Å². The predicted octanol–water partition coefficient (Wildman–Crippen LogP) is 18.7. The SMILES string of the molecule is Cc1cc(C)c(C)c(N2C=CN(C)[C@@H]2C)c1.Cc1cc(C)c(C)c(N2C=CN(c3ccccc3)[C@@H]2C)c1.Cc1cc(C)c(C)c(N2c3ccccc3N(C)[C@@H]2C)c1.Cc1cc(C)c(C)c(N2c3ccccc3N(c3ccccc3)[C@@H]2C)c1. The van der Waals surface area contributed by atoms with Gasteiger partial charge in [-0.1, -0.05) is 84.9 Å². The Labute approximate surface area is 492 Å². The summed E-state index contributed by atoms with van der Waals surface area (Å²) in [5, 5.41) is 0. The number of rotatable bonds is 6. The van der Waals surface area contributed by atoms with Crippen molar-refractivity contribution in [3.05, 3.63) is 249 Å². The molecule has 0 amide bonds. The van der Waals surface area contributed by atoms with E-state index in [1.54, 1.807) is 0 Å². The molecule has 8 nitrogen and oxygen atoms in total. The number of para-hydroxylation sites is 6. The zero-order valence-corrected chi connectivity index (χ0v) is 52.2. The molecule has 0 radical (unpaired) electrons. The van der Waals surface area contributed by atoms with Crippen LogP contribution in [0.3, 0.4) is 0 Å². The number of benzene rings is 8. The van der Waals surface area contributed by atoms with E-state index >= 15 is 0 Å². The number of fused-ring (bicyclic) bond motifs is 2. The van der Waals surface area contributed by atoms with E-state index in [-0.39, 0.29) is 12.3 Å². The van der Waals surface area contributed by atoms with Crippen LogP contribution in [-0.4, -0.2) is 43.7 Å². The lowest BCUT2D eigenvalue weighted by Crippen LogP contribution is -2.36. The Balaban J connectivity index is 0.000000133. The minimum atomic E-state index is 0.222.